The fourth-order valence-electron chi connectivity index (χ4n) is 3.75. The van der Waals surface area contributed by atoms with Crippen molar-refractivity contribution in [1.82, 2.24) is 4.98 Å². The van der Waals surface area contributed by atoms with Gasteiger partial charge in [0.25, 0.3) is 5.91 Å². The van der Waals surface area contributed by atoms with Crippen LogP contribution >= 0.6 is 0 Å². The van der Waals surface area contributed by atoms with Crippen LogP contribution in [0.15, 0.2) is 67.0 Å². The van der Waals surface area contributed by atoms with Gasteiger partial charge in [-0.2, -0.15) is 0 Å². The maximum atomic E-state index is 12.8. The molecule has 3 aromatic rings. The number of unbranched alkanes of at least 4 members (excludes halogenated alkanes) is 4. The molecule has 178 valence electrons. The molecular weight excluding hydrogens is 426 g/mol. The third-order valence-electron chi connectivity index (χ3n) is 5.63. The number of nitrogens with two attached hydrogens (primary N) is 1. The average molecular weight is 460 g/mol. The van der Waals surface area contributed by atoms with Crippen molar-refractivity contribution in [3.8, 4) is 11.1 Å². The Kier molecular flexibility index (Phi) is 9.35. The third-order valence-corrected chi connectivity index (χ3v) is 5.63. The Morgan fingerprint density at radius 1 is 0.971 bits per heavy atom. The van der Waals surface area contributed by atoms with Gasteiger partial charge in [0.1, 0.15) is 0 Å². The first-order valence-corrected chi connectivity index (χ1v) is 11.9. The topological polar surface area (TPSA) is 94.3 Å². The molecule has 6 heteroatoms. The summed E-state index contributed by atoms with van der Waals surface area (Å²) in [5, 5.41) is 2.87. The van der Waals surface area contributed by atoms with Gasteiger partial charge in [0.05, 0.1) is 12.2 Å². The number of ether oxygens (including phenoxy) is 1. The largest absolute Gasteiger partial charge is 0.462 e. The molecule has 1 aromatic heterocycles. The lowest BCUT2D eigenvalue weighted by Crippen LogP contribution is -2.14. The highest BCUT2D eigenvalue weighted by Crippen LogP contribution is 2.30. The van der Waals surface area contributed by atoms with Crippen molar-refractivity contribution in [2.24, 2.45) is 5.73 Å². The van der Waals surface area contributed by atoms with Gasteiger partial charge in [0.2, 0.25) is 0 Å². The van der Waals surface area contributed by atoms with E-state index in [1.165, 1.54) is 12.8 Å². The Balaban J connectivity index is 1.79. The first-order chi connectivity index (χ1) is 16.5. The summed E-state index contributed by atoms with van der Waals surface area (Å²) in [6.45, 7) is 4.49. The van der Waals surface area contributed by atoms with Crippen molar-refractivity contribution in [1.29, 1.82) is 0 Å². The summed E-state index contributed by atoms with van der Waals surface area (Å²) >= 11 is 0. The molecule has 3 N–H and O–H groups in total. The van der Waals surface area contributed by atoms with E-state index in [1.54, 1.807) is 42.7 Å². The fourth-order valence-corrected chi connectivity index (χ4v) is 3.75. The van der Waals surface area contributed by atoms with Gasteiger partial charge in [-0.3, -0.25) is 9.78 Å². The number of amides is 1. The fraction of sp³-hybridized carbons (Fsp3) is 0.321. The molecule has 1 unspecified atom stereocenters. The zero-order chi connectivity index (χ0) is 24.3. The lowest BCUT2D eigenvalue weighted by Gasteiger charge is -2.16. The van der Waals surface area contributed by atoms with E-state index >= 15 is 0 Å². The molecular formula is C28H33N3O3. The van der Waals surface area contributed by atoms with Gasteiger partial charge < -0.3 is 15.8 Å². The van der Waals surface area contributed by atoms with Crippen LogP contribution in [0.4, 0.5) is 5.69 Å². The number of benzene rings is 2. The van der Waals surface area contributed by atoms with Gasteiger partial charge in [-0.25, -0.2) is 4.79 Å². The highest BCUT2D eigenvalue weighted by Gasteiger charge is 2.16. The smallest absolute Gasteiger partial charge is 0.338 e. The second-order valence-corrected chi connectivity index (χ2v) is 8.41. The van der Waals surface area contributed by atoms with Gasteiger partial charge in [-0.05, 0) is 66.4 Å². The number of hydrogen-bond acceptors (Lipinski definition) is 5. The second-order valence-electron chi connectivity index (χ2n) is 8.41. The molecule has 0 aliphatic heterocycles. The van der Waals surface area contributed by atoms with Crippen LogP contribution < -0.4 is 11.1 Å². The zero-order valence-electron chi connectivity index (χ0n) is 19.9. The number of hydrogen-bond donors (Lipinski definition) is 2. The minimum atomic E-state index is -0.341. The molecule has 0 fully saturated rings. The molecule has 1 atom stereocenters. The van der Waals surface area contributed by atoms with E-state index in [0.717, 1.165) is 36.0 Å². The summed E-state index contributed by atoms with van der Waals surface area (Å²) in [5.74, 6) is -0.575. The van der Waals surface area contributed by atoms with Crippen LogP contribution in [0.1, 0.15) is 78.3 Å². The SMILES string of the molecule is CCCCCCCOC(=O)c1cccc(-c2cc(C(=O)Nc3ccncc3)ccc2C(C)N)c1. The van der Waals surface area contributed by atoms with Crippen molar-refractivity contribution >= 4 is 17.6 Å². The van der Waals surface area contributed by atoms with E-state index in [0.29, 0.717) is 23.4 Å². The summed E-state index contributed by atoms with van der Waals surface area (Å²) in [4.78, 5) is 29.4. The summed E-state index contributed by atoms with van der Waals surface area (Å²) in [6.07, 6.45) is 8.73. The van der Waals surface area contributed by atoms with Crippen molar-refractivity contribution in [2.75, 3.05) is 11.9 Å². The summed E-state index contributed by atoms with van der Waals surface area (Å²) in [5.41, 5.74) is 10.4. The Bertz CT molecular complexity index is 1100. The number of esters is 1. The molecule has 2 aromatic carbocycles. The average Bonchev–Trinajstić information content (AvgIpc) is 2.86. The van der Waals surface area contributed by atoms with Crippen LogP contribution in [-0.2, 0) is 4.74 Å². The van der Waals surface area contributed by atoms with Crippen LogP contribution in [-0.4, -0.2) is 23.5 Å². The Morgan fingerprint density at radius 2 is 1.74 bits per heavy atom. The molecule has 6 nitrogen and oxygen atoms in total. The second kappa shape index (κ2) is 12.7. The molecule has 0 saturated heterocycles. The van der Waals surface area contributed by atoms with Gasteiger partial charge >= 0.3 is 5.97 Å². The minimum Gasteiger partial charge on any atom is -0.462 e. The van der Waals surface area contributed by atoms with Gasteiger partial charge in [0, 0.05) is 29.7 Å². The normalized spacial score (nSPS) is 11.6. The minimum absolute atomic E-state index is 0.234. The molecule has 0 saturated carbocycles. The van der Waals surface area contributed by atoms with E-state index in [9.17, 15) is 9.59 Å². The number of rotatable bonds is 11. The third kappa shape index (κ3) is 6.99. The number of carbonyl (C=O) groups excluding carboxylic acids is 2. The van der Waals surface area contributed by atoms with E-state index in [4.69, 9.17) is 10.5 Å². The summed E-state index contributed by atoms with van der Waals surface area (Å²) in [6, 6.07) is 15.9. The van der Waals surface area contributed by atoms with Gasteiger partial charge in [-0.15, -0.1) is 0 Å². The number of aromatic nitrogens is 1. The van der Waals surface area contributed by atoms with Gasteiger partial charge in [-0.1, -0.05) is 50.8 Å². The number of nitrogens with zero attached hydrogens (tertiary/aromatic N) is 1. The Labute approximate surface area is 201 Å². The Hall–Kier alpha value is -3.51. The van der Waals surface area contributed by atoms with Crippen molar-refractivity contribution < 1.29 is 14.3 Å². The van der Waals surface area contributed by atoms with Crippen LogP contribution in [0.5, 0.6) is 0 Å². The Morgan fingerprint density at radius 3 is 2.47 bits per heavy atom. The zero-order valence-corrected chi connectivity index (χ0v) is 19.9. The molecule has 0 spiro atoms. The lowest BCUT2D eigenvalue weighted by atomic mass is 9.92. The van der Waals surface area contributed by atoms with Crippen molar-refractivity contribution in [2.45, 2.75) is 52.0 Å². The van der Waals surface area contributed by atoms with E-state index in [-0.39, 0.29) is 17.9 Å². The van der Waals surface area contributed by atoms with E-state index in [2.05, 4.69) is 17.2 Å². The first kappa shape index (κ1) is 25.1. The monoisotopic (exact) mass is 459 g/mol. The number of nitrogens with one attached hydrogen (secondary N) is 1. The van der Waals surface area contributed by atoms with Crippen LogP contribution in [0.2, 0.25) is 0 Å². The van der Waals surface area contributed by atoms with Crippen molar-refractivity contribution in [3.05, 3.63) is 83.7 Å². The summed E-state index contributed by atoms with van der Waals surface area (Å²) < 4.78 is 5.47. The highest BCUT2D eigenvalue weighted by atomic mass is 16.5. The van der Waals surface area contributed by atoms with Crippen LogP contribution in [0, 0.1) is 0 Å². The molecule has 1 heterocycles. The molecule has 1 amide bonds. The standard InChI is InChI=1S/C28H33N3O3/c1-3-4-5-6-7-17-34-28(33)23-10-8-9-21(18-23)26-19-22(11-12-25(26)20(2)29)27(32)31-24-13-15-30-16-14-24/h8-16,18-20H,3-7,17,29H2,1-2H3,(H,30,31,32). The molecule has 0 radical (unpaired) electrons. The maximum Gasteiger partial charge on any atom is 0.338 e. The lowest BCUT2D eigenvalue weighted by molar-refractivity contribution is 0.0497. The predicted octanol–water partition coefficient (Wildman–Crippen LogP) is 6.15. The molecule has 0 bridgehead atoms. The molecule has 34 heavy (non-hydrogen) atoms. The molecule has 0 aliphatic carbocycles. The predicted molar refractivity (Wildman–Crippen MR) is 136 cm³/mol. The number of pyridine rings is 1. The van der Waals surface area contributed by atoms with Crippen LogP contribution in [0.3, 0.4) is 0 Å². The quantitative estimate of drug-likeness (QED) is 0.265. The summed E-state index contributed by atoms with van der Waals surface area (Å²) in [7, 11) is 0. The van der Waals surface area contributed by atoms with Gasteiger partial charge in [0.15, 0.2) is 0 Å². The van der Waals surface area contributed by atoms with E-state index < -0.39 is 0 Å². The number of anilines is 1. The maximum absolute atomic E-state index is 12.8. The number of carbonyl (C=O) groups is 2. The van der Waals surface area contributed by atoms with E-state index in [1.807, 2.05) is 31.2 Å². The first-order valence-electron chi connectivity index (χ1n) is 11.9. The molecule has 3 rings (SSSR count). The molecule has 0 aliphatic rings. The van der Waals surface area contributed by atoms with Crippen LogP contribution in [0.25, 0.3) is 11.1 Å². The highest BCUT2D eigenvalue weighted by molar-refractivity contribution is 6.05. The van der Waals surface area contributed by atoms with Crippen molar-refractivity contribution in [3.63, 3.8) is 0 Å².